The third-order valence-corrected chi connectivity index (χ3v) is 3.60. The summed E-state index contributed by atoms with van der Waals surface area (Å²) < 4.78 is 5.16. The number of furan rings is 1. The van der Waals surface area contributed by atoms with Crippen molar-refractivity contribution >= 4 is 23.2 Å². The van der Waals surface area contributed by atoms with Crippen LogP contribution >= 0.6 is 11.3 Å². The topological polar surface area (TPSA) is 79.5 Å². The van der Waals surface area contributed by atoms with Crippen molar-refractivity contribution in [3.05, 3.63) is 46.0 Å². The molecule has 2 aromatic rings. The highest BCUT2D eigenvalue weighted by Gasteiger charge is 2.25. The number of amides is 1. The number of carboxylic acids is 1. The smallest absolute Gasteiger partial charge is 0.331 e. The van der Waals surface area contributed by atoms with Gasteiger partial charge in [-0.2, -0.15) is 0 Å². The fourth-order valence-corrected chi connectivity index (χ4v) is 2.50. The highest BCUT2D eigenvalue weighted by Crippen LogP contribution is 2.20. The van der Waals surface area contributed by atoms with Crippen molar-refractivity contribution in [3.8, 4) is 0 Å². The van der Waals surface area contributed by atoms with Gasteiger partial charge in [0.05, 0.1) is 11.8 Å². The third-order valence-electron chi connectivity index (χ3n) is 2.66. The Bertz CT molecular complexity index is 573. The molecule has 1 unspecified atom stereocenters. The highest BCUT2D eigenvalue weighted by atomic mass is 32.1. The molecule has 1 atom stereocenters. The minimum Gasteiger partial charge on any atom is -0.479 e. The molecule has 0 saturated carbocycles. The van der Waals surface area contributed by atoms with Crippen LogP contribution in [-0.2, 0) is 11.2 Å². The molecule has 0 bridgehead atoms. The second-order valence-electron chi connectivity index (χ2n) is 3.87. The molecule has 1 amide bonds. The van der Waals surface area contributed by atoms with Crippen LogP contribution < -0.4 is 5.32 Å². The maximum absolute atomic E-state index is 12.1. The monoisotopic (exact) mass is 279 g/mol. The predicted octanol–water partition coefficient (Wildman–Crippen LogP) is 2.46. The Hall–Kier alpha value is -2.08. The Kier molecular flexibility index (Phi) is 4.01. The summed E-state index contributed by atoms with van der Waals surface area (Å²) in [6.45, 7) is 1.86. The van der Waals surface area contributed by atoms with Gasteiger partial charge in [0, 0.05) is 11.3 Å². The van der Waals surface area contributed by atoms with E-state index in [0.717, 1.165) is 0 Å². The second-order valence-corrected chi connectivity index (χ2v) is 4.85. The van der Waals surface area contributed by atoms with Crippen molar-refractivity contribution in [2.45, 2.75) is 19.4 Å². The van der Waals surface area contributed by atoms with Crippen LogP contribution in [0.1, 0.15) is 34.0 Å². The Balaban J connectivity index is 2.19. The zero-order valence-corrected chi connectivity index (χ0v) is 11.1. The summed E-state index contributed by atoms with van der Waals surface area (Å²) in [5.41, 5.74) is 0.380. The standard InChI is InChI=1S/C13H13NO4S/c1-2-9-8(5-6-18-9)12(15)14-11(13(16)17)10-4-3-7-19-10/h3-7,11H,2H2,1H3,(H,14,15)(H,16,17). The summed E-state index contributed by atoms with van der Waals surface area (Å²) in [6.07, 6.45) is 2.00. The normalized spacial score (nSPS) is 12.1. The van der Waals surface area contributed by atoms with Crippen LogP contribution in [0.5, 0.6) is 0 Å². The summed E-state index contributed by atoms with van der Waals surface area (Å²) in [7, 11) is 0. The molecule has 0 fully saturated rings. The van der Waals surface area contributed by atoms with Crippen molar-refractivity contribution in [2.75, 3.05) is 0 Å². The van der Waals surface area contributed by atoms with Gasteiger partial charge in [-0.3, -0.25) is 4.79 Å². The van der Waals surface area contributed by atoms with Crippen LogP contribution in [0.15, 0.2) is 34.3 Å². The van der Waals surface area contributed by atoms with Crippen molar-refractivity contribution < 1.29 is 19.1 Å². The van der Waals surface area contributed by atoms with Gasteiger partial charge in [-0.15, -0.1) is 11.3 Å². The number of carboxylic acid groups (broad SMARTS) is 1. The Morgan fingerprint density at radius 1 is 1.47 bits per heavy atom. The van der Waals surface area contributed by atoms with Crippen molar-refractivity contribution in [2.24, 2.45) is 0 Å². The molecule has 0 spiro atoms. The molecule has 2 rings (SSSR count). The predicted molar refractivity (Wildman–Crippen MR) is 70.2 cm³/mol. The van der Waals surface area contributed by atoms with Crippen LogP contribution in [0.4, 0.5) is 0 Å². The van der Waals surface area contributed by atoms with E-state index in [4.69, 9.17) is 4.42 Å². The molecule has 0 aromatic carbocycles. The lowest BCUT2D eigenvalue weighted by atomic mass is 10.1. The molecule has 0 saturated heterocycles. The second kappa shape index (κ2) is 5.71. The molecule has 0 aliphatic rings. The van der Waals surface area contributed by atoms with E-state index in [0.29, 0.717) is 22.6 Å². The lowest BCUT2D eigenvalue weighted by Gasteiger charge is -2.12. The fraction of sp³-hybridized carbons (Fsp3) is 0.231. The molecule has 100 valence electrons. The van der Waals surface area contributed by atoms with E-state index in [1.54, 1.807) is 23.6 Å². The van der Waals surface area contributed by atoms with Crippen molar-refractivity contribution in [3.63, 3.8) is 0 Å². The number of hydrogen-bond donors (Lipinski definition) is 2. The van der Waals surface area contributed by atoms with E-state index in [9.17, 15) is 14.7 Å². The summed E-state index contributed by atoms with van der Waals surface area (Å²) in [5, 5.41) is 13.5. The molecular formula is C13H13NO4S. The van der Waals surface area contributed by atoms with Crippen molar-refractivity contribution in [1.29, 1.82) is 0 Å². The molecule has 0 radical (unpaired) electrons. The van der Waals surface area contributed by atoms with E-state index >= 15 is 0 Å². The number of carbonyl (C=O) groups excluding carboxylic acids is 1. The maximum Gasteiger partial charge on any atom is 0.331 e. The zero-order valence-electron chi connectivity index (χ0n) is 10.3. The van der Waals surface area contributed by atoms with Crippen LogP contribution in [0, 0.1) is 0 Å². The van der Waals surface area contributed by atoms with Crippen LogP contribution in [0.3, 0.4) is 0 Å². The molecule has 5 nitrogen and oxygen atoms in total. The first-order chi connectivity index (χ1) is 9.13. The van der Waals surface area contributed by atoms with Gasteiger partial charge in [-0.25, -0.2) is 4.79 Å². The first-order valence-electron chi connectivity index (χ1n) is 5.77. The number of aliphatic carboxylic acids is 1. The molecule has 0 aliphatic heterocycles. The lowest BCUT2D eigenvalue weighted by molar-refractivity contribution is -0.139. The molecule has 2 N–H and O–H groups in total. The van der Waals surface area contributed by atoms with Gasteiger partial charge in [0.25, 0.3) is 5.91 Å². The number of thiophene rings is 1. The molecule has 2 heterocycles. The van der Waals surface area contributed by atoms with E-state index in [1.165, 1.54) is 17.6 Å². The van der Waals surface area contributed by atoms with E-state index in [-0.39, 0.29) is 0 Å². The number of nitrogens with one attached hydrogen (secondary N) is 1. The number of hydrogen-bond acceptors (Lipinski definition) is 4. The maximum atomic E-state index is 12.1. The molecule has 19 heavy (non-hydrogen) atoms. The first-order valence-corrected chi connectivity index (χ1v) is 6.65. The minimum absolute atomic E-state index is 0.380. The summed E-state index contributed by atoms with van der Waals surface area (Å²) in [4.78, 5) is 23.9. The quantitative estimate of drug-likeness (QED) is 0.881. The average molecular weight is 279 g/mol. The van der Waals surface area contributed by atoms with Crippen LogP contribution in [0.25, 0.3) is 0 Å². The zero-order chi connectivity index (χ0) is 13.8. The lowest BCUT2D eigenvalue weighted by Crippen LogP contribution is -2.33. The Morgan fingerprint density at radius 3 is 2.84 bits per heavy atom. The van der Waals surface area contributed by atoms with Crippen molar-refractivity contribution in [1.82, 2.24) is 5.32 Å². The first kappa shape index (κ1) is 13.4. The van der Waals surface area contributed by atoms with Gasteiger partial charge in [-0.1, -0.05) is 13.0 Å². The molecule has 2 aromatic heterocycles. The number of aryl methyl sites for hydroxylation is 1. The van der Waals surface area contributed by atoms with Crippen LogP contribution in [-0.4, -0.2) is 17.0 Å². The fourth-order valence-electron chi connectivity index (χ4n) is 1.74. The van der Waals surface area contributed by atoms with E-state index in [2.05, 4.69) is 5.32 Å². The highest BCUT2D eigenvalue weighted by molar-refractivity contribution is 7.10. The molecule has 6 heteroatoms. The molecule has 0 aliphatic carbocycles. The largest absolute Gasteiger partial charge is 0.479 e. The third kappa shape index (κ3) is 2.85. The average Bonchev–Trinajstić information content (AvgIpc) is 3.05. The van der Waals surface area contributed by atoms with E-state index < -0.39 is 17.9 Å². The SMILES string of the molecule is CCc1occc1C(=O)NC(C(=O)O)c1cccs1. The van der Waals surface area contributed by atoms with Gasteiger partial charge in [0.15, 0.2) is 6.04 Å². The van der Waals surface area contributed by atoms with Gasteiger partial charge in [0.1, 0.15) is 5.76 Å². The number of carbonyl (C=O) groups is 2. The van der Waals surface area contributed by atoms with Crippen LogP contribution in [0.2, 0.25) is 0 Å². The van der Waals surface area contributed by atoms with Gasteiger partial charge in [0.2, 0.25) is 0 Å². The Morgan fingerprint density at radius 2 is 2.26 bits per heavy atom. The van der Waals surface area contributed by atoms with Gasteiger partial charge < -0.3 is 14.8 Å². The Labute approximate surface area is 113 Å². The summed E-state index contributed by atoms with van der Waals surface area (Å²) in [5.74, 6) is -0.975. The summed E-state index contributed by atoms with van der Waals surface area (Å²) >= 11 is 1.29. The van der Waals surface area contributed by atoms with Gasteiger partial charge >= 0.3 is 5.97 Å². The van der Waals surface area contributed by atoms with E-state index in [1.807, 2.05) is 6.92 Å². The van der Waals surface area contributed by atoms with Gasteiger partial charge in [-0.05, 0) is 17.5 Å². The molecular weight excluding hydrogens is 266 g/mol. The summed E-state index contributed by atoms with van der Waals surface area (Å²) in [6, 6.07) is 3.94. The minimum atomic E-state index is -1.09. The number of rotatable bonds is 5.